The van der Waals surface area contributed by atoms with Gasteiger partial charge >= 0.3 is 11.9 Å². The van der Waals surface area contributed by atoms with Crippen LogP contribution in [-0.4, -0.2) is 47.1 Å². The maximum absolute atomic E-state index is 11.7. The lowest BCUT2D eigenvalue weighted by Crippen LogP contribution is -2.26. The van der Waals surface area contributed by atoms with Crippen molar-refractivity contribution < 1.29 is 29.3 Å². The van der Waals surface area contributed by atoms with Gasteiger partial charge in [-0.3, -0.25) is 0 Å². The van der Waals surface area contributed by atoms with Crippen molar-refractivity contribution in [1.29, 1.82) is 0 Å². The van der Waals surface area contributed by atoms with Gasteiger partial charge in [-0.25, -0.2) is 9.59 Å². The number of esters is 2. The molecule has 3 unspecified atom stereocenters. The highest BCUT2D eigenvalue weighted by Crippen LogP contribution is 2.18. The molecule has 0 fully saturated rings. The van der Waals surface area contributed by atoms with Crippen molar-refractivity contribution in [3.8, 4) is 0 Å². The van der Waals surface area contributed by atoms with E-state index in [0.29, 0.717) is 6.61 Å². The Balaban J connectivity index is 0. The topological polar surface area (TPSA) is 93.1 Å². The number of hydrogen-bond donors (Lipinski definition) is 2. The van der Waals surface area contributed by atoms with Crippen LogP contribution in [0.3, 0.4) is 0 Å². The normalized spacial score (nSPS) is 13.0. The van der Waals surface area contributed by atoms with Crippen LogP contribution in [0.15, 0.2) is 0 Å². The third-order valence-corrected chi connectivity index (χ3v) is 8.72. The van der Waals surface area contributed by atoms with Crippen LogP contribution in [0, 0.1) is 0 Å². The summed E-state index contributed by atoms with van der Waals surface area (Å²) >= 11 is 0. The number of aliphatic hydroxyl groups excluding tert-OH is 2. The summed E-state index contributed by atoms with van der Waals surface area (Å²) in [5.41, 5.74) is 0. The molecule has 0 aliphatic carbocycles. The minimum atomic E-state index is -1.01. The van der Waals surface area contributed by atoms with Crippen LogP contribution in [0.2, 0.25) is 0 Å². The molecule has 276 valence electrons. The van der Waals surface area contributed by atoms with Crippen LogP contribution >= 0.6 is 0 Å². The SMILES string of the molecule is CCCCCCCCCC(CCCCCCCC)OC(=O)C(C)O.CCCCCCCCCCCCCCCCOC(=O)C(C)O. The van der Waals surface area contributed by atoms with Crippen LogP contribution in [0.25, 0.3) is 0 Å². The van der Waals surface area contributed by atoms with E-state index in [1.807, 2.05) is 0 Å². The van der Waals surface area contributed by atoms with Gasteiger partial charge in [-0.1, -0.05) is 175 Å². The molecule has 0 aromatic rings. The van der Waals surface area contributed by atoms with Gasteiger partial charge in [0.1, 0.15) is 18.3 Å². The lowest BCUT2D eigenvalue weighted by molar-refractivity contribution is -0.159. The first kappa shape index (κ1) is 47.0. The molecular weight excluding hydrogens is 576 g/mol. The maximum atomic E-state index is 11.7. The predicted octanol–water partition coefficient (Wildman–Crippen LogP) is 11.6. The molecule has 6 heteroatoms. The van der Waals surface area contributed by atoms with Gasteiger partial charge in [-0.05, 0) is 46.0 Å². The molecule has 0 aromatic heterocycles. The largest absolute Gasteiger partial charge is 0.464 e. The van der Waals surface area contributed by atoms with Crippen molar-refractivity contribution >= 4 is 11.9 Å². The highest BCUT2D eigenvalue weighted by Gasteiger charge is 2.17. The molecule has 0 saturated heterocycles. The lowest BCUT2D eigenvalue weighted by atomic mass is 10.0. The Bertz CT molecular complexity index is 621. The van der Waals surface area contributed by atoms with Crippen molar-refractivity contribution in [1.82, 2.24) is 0 Å². The smallest absolute Gasteiger partial charge is 0.334 e. The third kappa shape index (κ3) is 37.3. The van der Waals surface area contributed by atoms with Gasteiger partial charge in [-0.2, -0.15) is 0 Å². The van der Waals surface area contributed by atoms with E-state index in [9.17, 15) is 14.7 Å². The van der Waals surface area contributed by atoms with E-state index >= 15 is 0 Å². The fourth-order valence-electron chi connectivity index (χ4n) is 5.60. The molecule has 0 aliphatic rings. The molecule has 2 N–H and O–H groups in total. The second kappa shape index (κ2) is 38.3. The van der Waals surface area contributed by atoms with Gasteiger partial charge in [-0.15, -0.1) is 0 Å². The van der Waals surface area contributed by atoms with Crippen LogP contribution < -0.4 is 0 Å². The maximum Gasteiger partial charge on any atom is 0.334 e. The number of carbonyl (C=O) groups excluding carboxylic acids is 2. The average molecular weight is 657 g/mol. The zero-order valence-corrected chi connectivity index (χ0v) is 31.5. The average Bonchev–Trinajstić information content (AvgIpc) is 3.03. The van der Waals surface area contributed by atoms with Gasteiger partial charge in [0.25, 0.3) is 0 Å². The highest BCUT2D eigenvalue weighted by molar-refractivity contribution is 5.74. The number of rotatable bonds is 33. The van der Waals surface area contributed by atoms with Gasteiger partial charge in [0.2, 0.25) is 0 Å². The van der Waals surface area contributed by atoms with Crippen LogP contribution in [0.4, 0.5) is 0 Å². The standard InChI is InChI=1S/C21H42O3.C19H38O3/c1-4-6-8-10-12-14-16-18-20(24-21(23)19(3)22)17-15-13-11-9-7-5-2;1-3-4-5-6-7-8-9-10-11-12-13-14-15-16-17-22-19(21)18(2)20/h19-20,22H,4-18H2,1-3H3;18,20H,3-17H2,1-2H3. The summed E-state index contributed by atoms with van der Waals surface area (Å²) in [6, 6.07) is 0. The van der Waals surface area contributed by atoms with Gasteiger partial charge < -0.3 is 19.7 Å². The molecular formula is C40H80O6. The van der Waals surface area contributed by atoms with Crippen molar-refractivity contribution in [3.63, 3.8) is 0 Å². The van der Waals surface area contributed by atoms with Crippen molar-refractivity contribution in [2.75, 3.05) is 6.61 Å². The highest BCUT2D eigenvalue weighted by atomic mass is 16.6. The molecule has 6 nitrogen and oxygen atoms in total. The quantitative estimate of drug-likeness (QED) is 0.0539. The van der Waals surface area contributed by atoms with Crippen molar-refractivity contribution in [2.24, 2.45) is 0 Å². The Morgan fingerprint density at radius 1 is 0.435 bits per heavy atom. The molecule has 0 spiro atoms. The molecule has 0 aromatic carbocycles. The van der Waals surface area contributed by atoms with E-state index in [-0.39, 0.29) is 6.10 Å². The summed E-state index contributed by atoms with van der Waals surface area (Å²) in [7, 11) is 0. The number of aliphatic hydroxyl groups is 2. The van der Waals surface area contributed by atoms with Gasteiger partial charge in [0.15, 0.2) is 0 Å². The summed E-state index contributed by atoms with van der Waals surface area (Å²) in [6.07, 6.45) is 34.8. The first-order chi connectivity index (χ1) is 22.3. The van der Waals surface area contributed by atoms with E-state index in [0.717, 1.165) is 38.5 Å². The number of ether oxygens (including phenoxy) is 2. The molecule has 0 heterocycles. The van der Waals surface area contributed by atoms with Crippen molar-refractivity contribution in [2.45, 2.75) is 239 Å². The predicted molar refractivity (Wildman–Crippen MR) is 195 cm³/mol. The zero-order chi connectivity index (χ0) is 34.5. The fourth-order valence-corrected chi connectivity index (χ4v) is 5.60. The van der Waals surface area contributed by atoms with E-state index in [2.05, 4.69) is 20.8 Å². The third-order valence-electron chi connectivity index (χ3n) is 8.72. The minimum absolute atomic E-state index is 0.00563. The molecule has 0 radical (unpaired) electrons. The molecule has 3 atom stereocenters. The summed E-state index contributed by atoms with van der Waals surface area (Å²) in [6.45, 7) is 10.1. The first-order valence-electron chi connectivity index (χ1n) is 20.0. The fraction of sp³-hybridized carbons (Fsp3) is 0.950. The van der Waals surface area contributed by atoms with Crippen LogP contribution in [0.5, 0.6) is 0 Å². The molecule has 0 aliphatic heterocycles. The van der Waals surface area contributed by atoms with Gasteiger partial charge in [0, 0.05) is 0 Å². The molecule has 0 saturated carbocycles. The second-order valence-electron chi connectivity index (χ2n) is 13.6. The Labute approximate surface area is 286 Å². The Hall–Kier alpha value is -1.14. The molecule has 0 amide bonds. The van der Waals surface area contributed by atoms with E-state index < -0.39 is 24.1 Å². The number of hydrogen-bond acceptors (Lipinski definition) is 6. The first-order valence-corrected chi connectivity index (χ1v) is 20.0. The summed E-state index contributed by atoms with van der Waals surface area (Å²) in [5.74, 6) is -0.969. The van der Waals surface area contributed by atoms with Crippen LogP contribution in [0.1, 0.15) is 221 Å². The summed E-state index contributed by atoms with van der Waals surface area (Å²) in [5, 5.41) is 18.3. The summed E-state index contributed by atoms with van der Waals surface area (Å²) in [4.78, 5) is 22.7. The Kier molecular flexibility index (Phi) is 39.1. The Morgan fingerprint density at radius 3 is 1.02 bits per heavy atom. The lowest BCUT2D eigenvalue weighted by Gasteiger charge is -2.19. The van der Waals surface area contributed by atoms with Crippen molar-refractivity contribution in [3.05, 3.63) is 0 Å². The van der Waals surface area contributed by atoms with E-state index in [4.69, 9.17) is 14.6 Å². The Morgan fingerprint density at radius 2 is 0.717 bits per heavy atom. The zero-order valence-electron chi connectivity index (χ0n) is 31.5. The van der Waals surface area contributed by atoms with E-state index in [1.54, 1.807) is 0 Å². The molecule has 46 heavy (non-hydrogen) atoms. The van der Waals surface area contributed by atoms with Gasteiger partial charge in [0.05, 0.1) is 6.61 Å². The van der Waals surface area contributed by atoms with Crippen LogP contribution in [-0.2, 0) is 19.1 Å². The van der Waals surface area contributed by atoms with E-state index in [1.165, 1.54) is 162 Å². The number of unbranched alkanes of at least 4 members (excludes halogenated alkanes) is 24. The molecule has 0 bridgehead atoms. The molecule has 0 rings (SSSR count). The number of carbonyl (C=O) groups is 2. The summed E-state index contributed by atoms with van der Waals surface area (Å²) < 4.78 is 10.4. The minimum Gasteiger partial charge on any atom is -0.464 e. The second-order valence-corrected chi connectivity index (χ2v) is 13.6. The monoisotopic (exact) mass is 657 g/mol.